The first kappa shape index (κ1) is 20.9. The number of amides is 1. The van der Waals surface area contributed by atoms with Gasteiger partial charge in [0.2, 0.25) is 0 Å². The Balaban J connectivity index is 1.62. The molecule has 1 N–H and O–H groups in total. The minimum atomic E-state index is -0.495. The van der Waals surface area contributed by atoms with Crippen LogP contribution in [0.2, 0.25) is 0 Å². The Labute approximate surface area is 184 Å². The summed E-state index contributed by atoms with van der Waals surface area (Å²) in [5.41, 5.74) is 4.70. The van der Waals surface area contributed by atoms with Crippen molar-refractivity contribution < 1.29 is 18.7 Å². The highest BCUT2D eigenvalue weighted by molar-refractivity contribution is 6.04. The minimum Gasteiger partial charge on any atom is -0.422 e. The average Bonchev–Trinajstić information content (AvgIpc) is 2.81. The summed E-state index contributed by atoms with van der Waals surface area (Å²) in [6.45, 7) is 1.94. The molecule has 0 aliphatic heterocycles. The van der Waals surface area contributed by atoms with Gasteiger partial charge < -0.3 is 4.74 Å². The second kappa shape index (κ2) is 9.22. The van der Waals surface area contributed by atoms with Crippen LogP contribution in [0.15, 0.2) is 90.0 Å². The van der Waals surface area contributed by atoms with E-state index in [-0.39, 0.29) is 5.56 Å². The average molecular weight is 426 g/mol. The van der Waals surface area contributed by atoms with Crippen LogP contribution in [0.5, 0.6) is 5.75 Å². The van der Waals surface area contributed by atoms with E-state index >= 15 is 0 Å². The molecular weight excluding hydrogens is 407 g/mol. The van der Waals surface area contributed by atoms with Crippen LogP contribution in [-0.4, -0.2) is 18.1 Å². The maximum Gasteiger partial charge on any atom is 0.343 e. The first-order chi connectivity index (χ1) is 15.5. The van der Waals surface area contributed by atoms with Crippen molar-refractivity contribution in [2.24, 2.45) is 5.10 Å². The monoisotopic (exact) mass is 426 g/mol. The number of carbonyl (C=O) groups excluding carboxylic acids is 2. The van der Waals surface area contributed by atoms with E-state index < -0.39 is 17.7 Å². The van der Waals surface area contributed by atoms with Crippen LogP contribution in [0.3, 0.4) is 0 Å². The summed E-state index contributed by atoms with van der Waals surface area (Å²) < 4.78 is 18.7. The molecule has 0 heterocycles. The van der Waals surface area contributed by atoms with Crippen LogP contribution in [0.4, 0.5) is 4.39 Å². The molecule has 158 valence electrons. The van der Waals surface area contributed by atoms with Gasteiger partial charge in [-0.15, -0.1) is 0 Å². The van der Waals surface area contributed by atoms with Crippen molar-refractivity contribution in [3.8, 4) is 5.75 Å². The molecule has 32 heavy (non-hydrogen) atoms. The Morgan fingerprint density at radius 3 is 2.31 bits per heavy atom. The second-order valence-corrected chi connectivity index (χ2v) is 7.16. The molecule has 0 saturated carbocycles. The lowest BCUT2D eigenvalue weighted by Gasteiger charge is -2.11. The number of aryl methyl sites for hydroxylation is 1. The number of hydrazone groups is 1. The van der Waals surface area contributed by atoms with E-state index in [1.54, 1.807) is 18.2 Å². The molecule has 0 aliphatic carbocycles. The normalized spacial score (nSPS) is 10.9. The molecule has 0 fully saturated rings. The summed E-state index contributed by atoms with van der Waals surface area (Å²) in [6.07, 6.45) is 1.43. The largest absolute Gasteiger partial charge is 0.422 e. The van der Waals surface area contributed by atoms with Gasteiger partial charge in [-0.3, -0.25) is 4.79 Å². The van der Waals surface area contributed by atoms with Gasteiger partial charge in [-0.1, -0.05) is 48.0 Å². The molecule has 0 bridgehead atoms. The third-order valence-corrected chi connectivity index (χ3v) is 4.89. The highest BCUT2D eigenvalue weighted by Gasteiger charge is 2.13. The Kier molecular flexibility index (Phi) is 6.03. The third-order valence-electron chi connectivity index (χ3n) is 4.89. The number of rotatable bonds is 5. The zero-order valence-corrected chi connectivity index (χ0v) is 17.2. The first-order valence-electron chi connectivity index (χ1n) is 9.91. The van der Waals surface area contributed by atoms with Crippen molar-refractivity contribution in [3.63, 3.8) is 0 Å². The Hall–Kier alpha value is -4.32. The molecule has 4 rings (SSSR count). The molecule has 5 nitrogen and oxygen atoms in total. The van der Waals surface area contributed by atoms with Crippen LogP contribution < -0.4 is 10.2 Å². The molecule has 0 aliphatic rings. The predicted octanol–water partition coefficient (Wildman–Crippen LogP) is 5.27. The molecular formula is C26H19FN2O3. The summed E-state index contributed by atoms with van der Waals surface area (Å²) >= 11 is 0. The molecule has 0 spiro atoms. The highest BCUT2D eigenvalue weighted by atomic mass is 19.1. The molecule has 0 unspecified atom stereocenters. The molecule has 0 aromatic heterocycles. The number of esters is 1. The maximum absolute atomic E-state index is 13.1. The van der Waals surface area contributed by atoms with Crippen LogP contribution in [0.1, 0.15) is 31.8 Å². The van der Waals surface area contributed by atoms with Gasteiger partial charge in [0.1, 0.15) is 11.6 Å². The predicted molar refractivity (Wildman–Crippen MR) is 122 cm³/mol. The molecule has 1 amide bonds. The van der Waals surface area contributed by atoms with E-state index in [0.717, 1.165) is 16.3 Å². The third kappa shape index (κ3) is 4.70. The van der Waals surface area contributed by atoms with Crippen LogP contribution in [-0.2, 0) is 0 Å². The highest BCUT2D eigenvalue weighted by Crippen LogP contribution is 2.27. The number of halogens is 1. The van der Waals surface area contributed by atoms with Gasteiger partial charge in [-0.05, 0) is 60.2 Å². The summed E-state index contributed by atoms with van der Waals surface area (Å²) in [6, 6.07) is 23.3. The lowest BCUT2D eigenvalue weighted by Crippen LogP contribution is -2.17. The molecule has 6 heteroatoms. The van der Waals surface area contributed by atoms with Crippen molar-refractivity contribution in [3.05, 3.63) is 113 Å². The van der Waals surface area contributed by atoms with E-state index in [0.29, 0.717) is 16.9 Å². The van der Waals surface area contributed by atoms with E-state index in [9.17, 15) is 14.0 Å². The van der Waals surface area contributed by atoms with E-state index in [4.69, 9.17) is 4.74 Å². The smallest absolute Gasteiger partial charge is 0.343 e. The topological polar surface area (TPSA) is 67.8 Å². The second-order valence-electron chi connectivity index (χ2n) is 7.16. The fraction of sp³-hybridized carbons (Fsp3) is 0.0385. The van der Waals surface area contributed by atoms with Gasteiger partial charge >= 0.3 is 5.97 Å². The number of carbonyl (C=O) groups is 2. The van der Waals surface area contributed by atoms with Crippen molar-refractivity contribution in [2.75, 3.05) is 0 Å². The number of nitrogens with one attached hydrogen (secondary N) is 1. The summed E-state index contributed by atoms with van der Waals surface area (Å²) in [7, 11) is 0. The van der Waals surface area contributed by atoms with Crippen molar-refractivity contribution >= 4 is 28.9 Å². The zero-order chi connectivity index (χ0) is 22.5. The fourth-order valence-electron chi connectivity index (χ4n) is 3.17. The SMILES string of the molecule is Cc1ccc(C(=O)Oc2ccc3ccccc3c2/C=N\NC(=O)c2ccc(F)cc2)cc1. The van der Waals surface area contributed by atoms with Crippen molar-refractivity contribution in [2.45, 2.75) is 6.92 Å². The van der Waals surface area contributed by atoms with Crippen LogP contribution in [0, 0.1) is 12.7 Å². The number of hydrogen-bond donors (Lipinski definition) is 1. The zero-order valence-electron chi connectivity index (χ0n) is 17.2. The standard InChI is InChI=1S/C26H19FN2O3/c1-17-6-8-20(9-7-17)26(31)32-24-15-12-18-4-2-3-5-22(18)23(24)16-28-29-25(30)19-10-13-21(27)14-11-19/h2-16H,1H3,(H,29,30)/b28-16-. The minimum absolute atomic E-state index is 0.271. The van der Waals surface area contributed by atoms with Gasteiger partial charge in [0.05, 0.1) is 11.8 Å². The quantitative estimate of drug-likeness (QED) is 0.205. The summed E-state index contributed by atoms with van der Waals surface area (Å²) in [4.78, 5) is 24.9. The Bertz CT molecular complexity index is 1310. The van der Waals surface area contributed by atoms with E-state index in [1.165, 1.54) is 30.5 Å². The van der Waals surface area contributed by atoms with Crippen molar-refractivity contribution in [1.82, 2.24) is 5.43 Å². The van der Waals surface area contributed by atoms with E-state index in [1.807, 2.05) is 49.4 Å². The number of nitrogens with zero attached hydrogens (tertiary/aromatic N) is 1. The van der Waals surface area contributed by atoms with Gasteiger partial charge in [0.25, 0.3) is 5.91 Å². The molecule has 4 aromatic rings. The first-order valence-corrected chi connectivity index (χ1v) is 9.91. The van der Waals surface area contributed by atoms with Gasteiger partial charge in [0.15, 0.2) is 0 Å². The molecule has 0 atom stereocenters. The number of hydrogen-bond acceptors (Lipinski definition) is 4. The Morgan fingerprint density at radius 2 is 1.56 bits per heavy atom. The summed E-state index contributed by atoms with van der Waals surface area (Å²) in [5, 5.41) is 5.77. The van der Waals surface area contributed by atoms with E-state index in [2.05, 4.69) is 10.5 Å². The van der Waals surface area contributed by atoms with Crippen LogP contribution >= 0.6 is 0 Å². The van der Waals surface area contributed by atoms with Crippen molar-refractivity contribution in [1.29, 1.82) is 0 Å². The molecule has 4 aromatic carbocycles. The molecule has 0 radical (unpaired) electrons. The summed E-state index contributed by atoms with van der Waals surface area (Å²) in [5.74, 6) is -1.10. The van der Waals surface area contributed by atoms with Gasteiger partial charge in [0, 0.05) is 11.1 Å². The lowest BCUT2D eigenvalue weighted by molar-refractivity contribution is 0.0734. The number of ether oxygens (including phenoxy) is 1. The fourth-order valence-corrected chi connectivity index (χ4v) is 3.17. The number of fused-ring (bicyclic) bond motifs is 1. The maximum atomic E-state index is 13.1. The molecule has 0 saturated heterocycles. The van der Waals surface area contributed by atoms with Gasteiger partial charge in [-0.2, -0.15) is 5.10 Å². The lowest BCUT2D eigenvalue weighted by atomic mass is 10.0. The number of benzene rings is 4. The van der Waals surface area contributed by atoms with Gasteiger partial charge in [-0.25, -0.2) is 14.6 Å². The van der Waals surface area contributed by atoms with Crippen LogP contribution in [0.25, 0.3) is 10.8 Å². The Morgan fingerprint density at radius 1 is 0.875 bits per heavy atom.